The van der Waals surface area contributed by atoms with Gasteiger partial charge in [-0.05, 0) is 31.2 Å². The van der Waals surface area contributed by atoms with E-state index in [2.05, 4.69) is 10.3 Å². The zero-order chi connectivity index (χ0) is 19.6. The average molecular weight is 404 g/mol. The fourth-order valence-electron chi connectivity index (χ4n) is 2.67. The molecule has 138 valence electrons. The molecule has 8 heteroatoms. The normalized spacial score (nSPS) is 10.6. The molecule has 6 nitrogen and oxygen atoms in total. The maximum Gasteiger partial charge on any atom is 0.258 e. The van der Waals surface area contributed by atoms with Crippen LogP contribution in [0.4, 0.5) is 5.69 Å². The number of rotatable bonds is 5. The predicted molar refractivity (Wildman–Crippen MR) is 106 cm³/mol. The van der Waals surface area contributed by atoms with Gasteiger partial charge in [-0.3, -0.25) is 14.6 Å². The smallest absolute Gasteiger partial charge is 0.258 e. The molecule has 3 aromatic rings. The van der Waals surface area contributed by atoms with Crippen molar-refractivity contribution in [2.75, 3.05) is 11.9 Å². The minimum absolute atomic E-state index is 0.164. The van der Waals surface area contributed by atoms with E-state index in [1.807, 2.05) is 0 Å². The summed E-state index contributed by atoms with van der Waals surface area (Å²) in [5, 5.41) is 3.78. The Morgan fingerprint density at radius 3 is 2.44 bits per heavy atom. The van der Waals surface area contributed by atoms with Crippen molar-refractivity contribution in [2.45, 2.75) is 6.92 Å². The molecule has 0 aliphatic carbocycles. The summed E-state index contributed by atoms with van der Waals surface area (Å²) >= 11 is 12.2. The van der Waals surface area contributed by atoms with Crippen LogP contribution in [-0.2, 0) is 0 Å². The Hall–Kier alpha value is -2.83. The van der Waals surface area contributed by atoms with Gasteiger partial charge >= 0.3 is 0 Å². The van der Waals surface area contributed by atoms with Crippen molar-refractivity contribution < 1.29 is 14.3 Å². The van der Waals surface area contributed by atoms with Gasteiger partial charge < -0.3 is 15.8 Å². The number of nitrogens with zero attached hydrogens (tertiary/aromatic N) is 1. The van der Waals surface area contributed by atoms with Crippen LogP contribution in [0.3, 0.4) is 0 Å². The van der Waals surface area contributed by atoms with Crippen LogP contribution >= 0.6 is 23.2 Å². The summed E-state index contributed by atoms with van der Waals surface area (Å²) < 4.78 is 5.60. The second-order valence-electron chi connectivity index (χ2n) is 5.55. The number of halogens is 2. The Balaban J connectivity index is 2.09. The molecule has 0 saturated heterocycles. The summed E-state index contributed by atoms with van der Waals surface area (Å²) in [7, 11) is 0. The number of hydrogen-bond acceptors (Lipinski definition) is 4. The van der Waals surface area contributed by atoms with Gasteiger partial charge in [0.15, 0.2) is 0 Å². The van der Waals surface area contributed by atoms with E-state index in [4.69, 9.17) is 33.7 Å². The number of carbonyl (C=O) groups is 2. The second-order valence-corrected chi connectivity index (χ2v) is 6.37. The van der Waals surface area contributed by atoms with Crippen molar-refractivity contribution in [3.8, 4) is 5.75 Å². The first-order valence-corrected chi connectivity index (χ1v) is 8.79. The van der Waals surface area contributed by atoms with Crippen LogP contribution in [0.25, 0.3) is 10.9 Å². The number of aromatic nitrogens is 1. The van der Waals surface area contributed by atoms with E-state index in [-0.39, 0.29) is 21.2 Å². The van der Waals surface area contributed by atoms with Crippen LogP contribution in [0, 0.1) is 0 Å². The molecule has 0 unspecified atom stereocenters. The number of hydrogen-bond donors (Lipinski definition) is 2. The lowest BCUT2D eigenvalue weighted by molar-refractivity contribution is 0.0994. The number of fused-ring (bicyclic) bond motifs is 1. The third-order valence-electron chi connectivity index (χ3n) is 3.84. The fourth-order valence-corrected chi connectivity index (χ4v) is 3.24. The van der Waals surface area contributed by atoms with E-state index in [0.717, 1.165) is 0 Å². The molecular weight excluding hydrogens is 389 g/mol. The Labute approximate surface area is 165 Å². The monoisotopic (exact) mass is 403 g/mol. The highest BCUT2D eigenvalue weighted by Crippen LogP contribution is 2.33. The molecule has 0 atom stereocenters. The van der Waals surface area contributed by atoms with E-state index >= 15 is 0 Å². The molecular formula is C19H15Cl2N3O3. The fraction of sp³-hybridized carbons (Fsp3) is 0.105. The van der Waals surface area contributed by atoms with Gasteiger partial charge in [-0.15, -0.1) is 0 Å². The molecule has 3 N–H and O–H groups in total. The highest BCUT2D eigenvalue weighted by Gasteiger charge is 2.19. The van der Waals surface area contributed by atoms with Crippen LogP contribution in [-0.4, -0.2) is 23.4 Å². The molecule has 0 radical (unpaired) electrons. The molecule has 0 aliphatic heterocycles. The zero-order valence-electron chi connectivity index (χ0n) is 14.3. The third-order valence-corrected chi connectivity index (χ3v) is 4.47. The summed E-state index contributed by atoms with van der Waals surface area (Å²) in [4.78, 5) is 28.6. The average Bonchev–Trinajstić information content (AvgIpc) is 2.62. The summed E-state index contributed by atoms with van der Waals surface area (Å²) in [6.45, 7) is 2.13. The molecule has 0 fully saturated rings. The highest BCUT2D eigenvalue weighted by atomic mass is 35.5. The van der Waals surface area contributed by atoms with Gasteiger partial charge in [0.2, 0.25) is 0 Å². The molecule has 2 amide bonds. The van der Waals surface area contributed by atoms with Crippen LogP contribution in [0.15, 0.2) is 42.6 Å². The van der Waals surface area contributed by atoms with Gasteiger partial charge in [-0.2, -0.15) is 0 Å². The maximum absolute atomic E-state index is 12.7. The molecule has 27 heavy (non-hydrogen) atoms. The first-order valence-electron chi connectivity index (χ1n) is 8.03. The Bertz CT molecular complexity index is 1030. The van der Waals surface area contributed by atoms with Gasteiger partial charge in [0.1, 0.15) is 11.3 Å². The highest BCUT2D eigenvalue weighted by molar-refractivity contribution is 6.40. The van der Waals surface area contributed by atoms with Crippen molar-refractivity contribution in [3.05, 3.63) is 63.8 Å². The van der Waals surface area contributed by atoms with E-state index in [1.54, 1.807) is 43.3 Å². The van der Waals surface area contributed by atoms with Crippen molar-refractivity contribution in [1.29, 1.82) is 0 Å². The van der Waals surface area contributed by atoms with Gasteiger partial charge in [0.05, 0.1) is 33.4 Å². The summed E-state index contributed by atoms with van der Waals surface area (Å²) in [5.41, 5.74) is 6.61. The zero-order valence-corrected chi connectivity index (χ0v) is 15.8. The second kappa shape index (κ2) is 7.82. The minimum atomic E-state index is -0.648. The molecule has 0 aliphatic rings. The lowest BCUT2D eigenvalue weighted by atomic mass is 10.1. The number of benzene rings is 2. The number of primary amides is 1. The number of amides is 2. The van der Waals surface area contributed by atoms with Crippen LogP contribution < -0.4 is 15.8 Å². The van der Waals surface area contributed by atoms with Crippen LogP contribution in [0.5, 0.6) is 5.75 Å². The SMILES string of the molecule is CCOc1c(C(N)=O)cnc2c(NC(=O)c3c(Cl)cccc3Cl)cccc12. The van der Waals surface area contributed by atoms with Gasteiger partial charge in [-0.25, -0.2) is 0 Å². The molecule has 0 spiro atoms. The van der Waals surface area contributed by atoms with E-state index < -0.39 is 11.8 Å². The van der Waals surface area contributed by atoms with Crippen molar-refractivity contribution >= 4 is 51.6 Å². The Morgan fingerprint density at radius 1 is 1.15 bits per heavy atom. The topological polar surface area (TPSA) is 94.3 Å². The van der Waals surface area contributed by atoms with E-state index in [0.29, 0.717) is 28.9 Å². The summed E-state index contributed by atoms with van der Waals surface area (Å²) in [5.74, 6) is -0.802. The first-order chi connectivity index (χ1) is 12.9. The van der Waals surface area contributed by atoms with E-state index in [9.17, 15) is 9.59 Å². The molecule has 3 rings (SSSR count). The first kappa shape index (κ1) is 18.9. The Morgan fingerprint density at radius 2 is 1.81 bits per heavy atom. The van der Waals surface area contributed by atoms with Crippen LogP contribution in [0.1, 0.15) is 27.6 Å². The van der Waals surface area contributed by atoms with Crippen molar-refractivity contribution in [2.24, 2.45) is 5.73 Å². The summed E-state index contributed by atoms with van der Waals surface area (Å²) in [6, 6.07) is 9.93. The van der Waals surface area contributed by atoms with Crippen molar-refractivity contribution in [3.63, 3.8) is 0 Å². The molecule has 2 aromatic carbocycles. The maximum atomic E-state index is 12.7. The number of ether oxygens (including phenoxy) is 1. The van der Waals surface area contributed by atoms with Gasteiger partial charge in [0.25, 0.3) is 11.8 Å². The number of para-hydroxylation sites is 1. The Kier molecular flexibility index (Phi) is 5.48. The van der Waals surface area contributed by atoms with Gasteiger partial charge in [-0.1, -0.05) is 35.3 Å². The minimum Gasteiger partial charge on any atom is -0.492 e. The number of anilines is 1. The van der Waals surface area contributed by atoms with Crippen LogP contribution in [0.2, 0.25) is 10.0 Å². The standard InChI is InChI=1S/C19H15Cl2N3O3/c1-2-27-17-10-5-3-8-14(16(10)23-9-11(17)18(22)25)24-19(26)15-12(20)6-4-7-13(15)21/h3-9H,2H2,1H3,(H2,22,25)(H,24,26). The van der Waals surface area contributed by atoms with E-state index in [1.165, 1.54) is 6.20 Å². The van der Waals surface area contributed by atoms with Gasteiger partial charge in [0, 0.05) is 11.6 Å². The molecule has 1 heterocycles. The number of nitrogens with two attached hydrogens (primary N) is 1. The number of carbonyl (C=O) groups excluding carboxylic acids is 2. The molecule has 0 saturated carbocycles. The predicted octanol–water partition coefficient (Wildman–Crippen LogP) is 4.29. The lowest BCUT2D eigenvalue weighted by Gasteiger charge is -2.14. The summed E-state index contributed by atoms with van der Waals surface area (Å²) in [6.07, 6.45) is 1.33. The lowest BCUT2D eigenvalue weighted by Crippen LogP contribution is -2.15. The number of pyridine rings is 1. The third kappa shape index (κ3) is 3.67. The molecule has 0 bridgehead atoms. The quantitative estimate of drug-likeness (QED) is 0.663. The molecule has 1 aromatic heterocycles. The van der Waals surface area contributed by atoms with Crippen molar-refractivity contribution in [1.82, 2.24) is 4.98 Å². The largest absolute Gasteiger partial charge is 0.492 e. The number of nitrogens with one attached hydrogen (secondary N) is 1.